The lowest BCUT2D eigenvalue weighted by molar-refractivity contribution is 0.0952. The van der Waals surface area contributed by atoms with E-state index in [4.69, 9.17) is 0 Å². The molecule has 0 unspecified atom stereocenters. The van der Waals surface area contributed by atoms with E-state index in [0.29, 0.717) is 6.04 Å². The fourth-order valence-corrected chi connectivity index (χ4v) is 3.62. The van der Waals surface area contributed by atoms with Gasteiger partial charge in [0.05, 0.1) is 6.04 Å². The van der Waals surface area contributed by atoms with Crippen LogP contribution >= 0.6 is 0 Å². The van der Waals surface area contributed by atoms with Crippen LogP contribution in [0.4, 0.5) is 0 Å². The molecule has 1 saturated heterocycles. The Morgan fingerprint density at radius 1 is 1.26 bits per heavy atom. The van der Waals surface area contributed by atoms with Gasteiger partial charge >= 0.3 is 0 Å². The third-order valence-electron chi connectivity index (χ3n) is 4.85. The maximum Gasteiger partial charge on any atom is 0.267 e. The van der Waals surface area contributed by atoms with E-state index in [1.165, 1.54) is 24.1 Å². The highest BCUT2D eigenvalue weighted by Gasteiger charge is 2.27. The average Bonchev–Trinajstić information content (AvgIpc) is 3.13. The van der Waals surface area contributed by atoms with Gasteiger partial charge in [-0.3, -0.25) is 9.69 Å². The van der Waals surface area contributed by atoms with Crippen LogP contribution in [0.25, 0.3) is 0 Å². The van der Waals surface area contributed by atoms with Crippen LogP contribution in [0.15, 0.2) is 30.6 Å². The van der Waals surface area contributed by atoms with Crippen molar-refractivity contribution in [1.82, 2.24) is 19.4 Å². The molecule has 0 aromatic carbocycles. The second kappa shape index (κ2) is 6.62. The fraction of sp³-hybridized carbons (Fsp3) is 0.500. The number of aromatic nitrogens is 2. The zero-order chi connectivity index (χ0) is 16.4. The first kappa shape index (κ1) is 15.9. The van der Waals surface area contributed by atoms with Gasteiger partial charge in [0, 0.05) is 45.8 Å². The predicted octanol–water partition coefficient (Wildman–Crippen LogP) is 2.45. The Bertz CT molecular complexity index is 685. The number of rotatable bonds is 4. The summed E-state index contributed by atoms with van der Waals surface area (Å²) in [5, 5.41) is 2.72. The van der Waals surface area contributed by atoms with E-state index in [1.54, 1.807) is 7.05 Å². The Morgan fingerprint density at radius 3 is 2.78 bits per heavy atom. The highest BCUT2D eigenvalue weighted by molar-refractivity contribution is 5.92. The van der Waals surface area contributed by atoms with Crippen LogP contribution in [0.3, 0.4) is 0 Å². The molecule has 1 aliphatic heterocycles. The van der Waals surface area contributed by atoms with Crippen molar-refractivity contribution in [3.63, 3.8) is 0 Å². The minimum absolute atomic E-state index is 0.0239. The number of carbonyl (C=O) groups excluding carboxylic acids is 1. The predicted molar refractivity (Wildman–Crippen MR) is 91.2 cm³/mol. The standard InChI is InChI=1S/C18H26N4O/c1-19-18(23)17-8-7-15(21(17)3)16-6-4-5-10-22(16)13-14-9-11-20(2)12-14/h7-9,11-12,16H,4-6,10,13H2,1-3H3,(H,19,23)/t16-/m0/s1. The van der Waals surface area contributed by atoms with Crippen LogP contribution < -0.4 is 5.32 Å². The summed E-state index contributed by atoms with van der Waals surface area (Å²) in [6.07, 6.45) is 7.93. The number of amides is 1. The molecule has 124 valence electrons. The summed E-state index contributed by atoms with van der Waals surface area (Å²) in [4.78, 5) is 14.5. The van der Waals surface area contributed by atoms with E-state index in [0.717, 1.165) is 25.2 Å². The van der Waals surface area contributed by atoms with E-state index in [1.807, 2.05) is 17.7 Å². The van der Waals surface area contributed by atoms with Crippen molar-refractivity contribution in [2.75, 3.05) is 13.6 Å². The van der Waals surface area contributed by atoms with Gasteiger partial charge in [-0.25, -0.2) is 0 Å². The summed E-state index contributed by atoms with van der Waals surface area (Å²) in [7, 11) is 5.73. The van der Waals surface area contributed by atoms with Gasteiger partial charge in [-0.1, -0.05) is 6.42 Å². The molecule has 3 heterocycles. The normalized spacial score (nSPS) is 19.0. The molecule has 1 N–H and O–H groups in total. The Hall–Kier alpha value is -2.01. The molecule has 3 rings (SSSR count). The van der Waals surface area contributed by atoms with Crippen molar-refractivity contribution in [2.24, 2.45) is 14.1 Å². The number of hydrogen-bond donors (Lipinski definition) is 1. The van der Waals surface area contributed by atoms with Gasteiger partial charge in [-0.2, -0.15) is 0 Å². The summed E-state index contributed by atoms with van der Waals surface area (Å²) in [6, 6.07) is 6.61. The molecular formula is C18H26N4O. The van der Waals surface area contributed by atoms with Gasteiger partial charge < -0.3 is 14.5 Å². The van der Waals surface area contributed by atoms with Crippen molar-refractivity contribution in [3.05, 3.63) is 47.5 Å². The van der Waals surface area contributed by atoms with Gasteiger partial charge in [0.2, 0.25) is 0 Å². The van der Waals surface area contributed by atoms with Crippen molar-refractivity contribution < 1.29 is 4.79 Å². The maximum absolute atomic E-state index is 12.0. The van der Waals surface area contributed by atoms with Gasteiger partial charge in [0.15, 0.2) is 0 Å². The second-order valence-corrected chi connectivity index (χ2v) is 6.45. The highest BCUT2D eigenvalue weighted by Crippen LogP contribution is 2.32. The number of nitrogens with one attached hydrogen (secondary N) is 1. The summed E-state index contributed by atoms with van der Waals surface area (Å²) in [5.41, 5.74) is 3.31. The Morgan fingerprint density at radius 2 is 2.09 bits per heavy atom. The molecule has 1 amide bonds. The van der Waals surface area contributed by atoms with E-state index < -0.39 is 0 Å². The van der Waals surface area contributed by atoms with Gasteiger partial charge in [-0.05, 0) is 43.1 Å². The molecule has 0 bridgehead atoms. The summed E-state index contributed by atoms with van der Waals surface area (Å²) < 4.78 is 4.15. The largest absolute Gasteiger partial charge is 0.357 e. The molecule has 2 aromatic heterocycles. The fourth-order valence-electron chi connectivity index (χ4n) is 3.62. The van der Waals surface area contributed by atoms with Crippen LogP contribution in [0, 0.1) is 0 Å². The molecule has 0 aliphatic carbocycles. The molecule has 5 heteroatoms. The zero-order valence-corrected chi connectivity index (χ0v) is 14.2. The van der Waals surface area contributed by atoms with Crippen molar-refractivity contribution >= 4 is 5.91 Å². The SMILES string of the molecule is CNC(=O)c1ccc([C@@H]2CCCCN2Cc2ccn(C)c2)n1C. The van der Waals surface area contributed by atoms with Crippen LogP contribution in [0.1, 0.15) is 47.1 Å². The molecule has 0 spiro atoms. The van der Waals surface area contributed by atoms with Crippen LogP contribution in [-0.2, 0) is 20.6 Å². The number of aryl methyl sites for hydroxylation is 1. The highest BCUT2D eigenvalue weighted by atomic mass is 16.1. The lowest BCUT2D eigenvalue weighted by Gasteiger charge is -2.36. The van der Waals surface area contributed by atoms with Crippen molar-refractivity contribution in [1.29, 1.82) is 0 Å². The minimum atomic E-state index is -0.0239. The number of piperidine rings is 1. The van der Waals surface area contributed by atoms with E-state index in [2.05, 4.69) is 46.4 Å². The molecule has 0 radical (unpaired) electrons. The van der Waals surface area contributed by atoms with Gasteiger partial charge in [-0.15, -0.1) is 0 Å². The van der Waals surface area contributed by atoms with Gasteiger partial charge in [0.1, 0.15) is 5.69 Å². The Balaban J connectivity index is 1.84. The smallest absolute Gasteiger partial charge is 0.267 e. The van der Waals surface area contributed by atoms with Crippen molar-refractivity contribution in [2.45, 2.75) is 31.8 Å². The molecule has 0 saturated carbocycles. The Labute approximate surface area is 137 Å². The van der Waals surface area contributed by atoms with E-state index >= 15 is 0 Å². The first-order valence-corrected chi connectivity index (χ1v) is 8.32. The zero-order valence-electron chi connectivity index (χ0n) is 14.2. The summed E-state index contributed by atoms with van der Waals surface area (Å²) >= 11 is 0. The molecule has 1 atom stereocenters. The third kappa shape index (κ3) is 3.20. The first-order chi connectivity index (χ1) is 11.1. The molecule has 2 aromatic rings. The third-order valence-corrected chi connectivity index (χ3v) is 4.85. The van der Waals surface area contributed by atoms with Crippen LogP contribution in [0.2, 0.25) is 0 Å². The average molecular weight is 314 g/mol. The molecule has 5 nitrogen and oxygen atoms in total. The first-order valence-electron chi connectivity index (χ1n) is 8.32. The van der Waals surface area contributed by atoms with Gasteiger partial charge in [0.25, 0.3) is 5.91 Å². The minimum Gasteiger partial charge on any atom is -0.357 e. The molecule has 1 aliphatic rings. The molecular weight excluding hydrogens is 288 g/mol. The van der Waals surface area contributed by atoms with E-state index in [9.17, 15) is 4.79 Å². The number of nitrogens with zero attached hydrogens (tertiary/aromatic N) is 3. The quantitative estimate of drug-likeness (QED) is 0.942. The maximum atomic E-state index is 12.0. The number of carbonyl (C=O) groups is 1. The van der Waals surface area contributed by atoms with E-state index in [-0.39, 0.29) is 5.91 Å². The van der Waals surface area contributed by atoms with Crippen LogP contribution in [0.5, 0.6) is 0 Å². The summed E-state index contributed by atoms with van der Waals surface area (Å²) in [5.74, 6) is -0.0239. The van der Waals surface area contributed by atoms with Crippen LogP contribution in [-0.4, -0.2) is 33.5 Å². The Kier molecular flexibility index (Phi) is 4.57. The number of hydrogen-bond acceptors (Lipinski definition) is 2. The molecule has 23 heavy (non-hydrogen) atoms. The summed E-state index contributed by atoms with van der Waals surface area (Å²) in [6.45, 7) is 2.08. The molecule has 1 fully saturated rings. The second-order valence-electron chi connectivity index (χ2n) is 6.45. The lowest BCUT2D eigenvalue weighted by atomic mass is 9.98. The number of likely N-dealkylation sites (tertiary alicyclic amines) is 1. The lowest BCUT2D eigenvalue weighted by Crippen LogP contribution is -2.34. The topological polar surface area (TPSA) is 42.2 Å². The van der Waals surface area contributed by atoms with Crippen molar-refractivity contribution in [3.8, 4) is 0 Å². The monoisotopic (exact) mass is 314 g/mol.